The maximum Gasteiger partial charge on any atom is 0.261 e. The minimum Gasteiger partial charge on any atom is -0.493 e. The molecule has 0 saturated heterocycles. The Morgan fingerprint density at radius 1 is 1.10 bits per heavy atom. The van der Waals surface area contributed by atoms with Crippen molar-refractivity contribution in [2.75, 3.05) is 20.3 Å². The van der Waals surface area contributed by atoms with Gasteiger partial charge in [-0.25, -0.2) is 0 Å². The van der Waals surface area contributed by atoms with Crippen molar-refractivity contribution >= 4 is 5.91 Å². The molecule has 4 rings (SSSR count). The number of allylic oxidation sites excluding steroid dienone is 1. The normalized spacial score (nSPS) is 15.4. The van der Waals surface area contributed by atoms with Gasteiger partial charge < -0.3 is 18.9 Å². The third-order valence-electron chi connectivity index (χ3n) is 5.43. The topological polar surface area (TPSA) is 43.7 Å². The molecule has 1 atom stereocenters. The Morgan fingerprint density at radius 3 is 2.70 bits per heavy atom. The highest BCUT2D eigenvalue weighted by molar-refractivity contribution is 5.79. The smallest absolute Gasteiger partial charge is 0.261 e. The molecule has 1 aliphatic heterocycles. The summed E-state index contributed by atoms with van der Waals surface area (Å²) in [4.78, 5) is 15.1. The minimum atomic E-state index is -0.122. The highest BCUT2D eigenvalue weighted by Crippen LogP contribution is 2.33. The summed E-state index contributed by atoms with van der Waals surface area (Å²) in [6.07, 6.45) is 4.66. The van der Waals surface area contributed by atoms with Gasteiger partial charge in [-0.15, -0.1) is 6.58 Å². The molecule has 0 spiro atoms. The largest absolute Gasteiger partial charge is 0.493 e. The minimum absolute atomic E-state index is 0.0405. The van der Waals surface area contributed by atoms with Crippen molar-refractivity contribution in [3.05, 3.63) is 96.3 Å². The van der Waals surface area contributed by atoms with Gasteiger partial charge in [0.25, 0.3) is 5.91 Å². The summed E-state index contributed by atoms with van der Waals surface area (Å²) in [5.41, 5.74) is 3.30. The van der Waals surface area contributed by atoms with Crippen LogP contribution < -0.4 is 9.47 Å². The van der Waals surface area contributed by atoms with Gasteiger partial charge in [0.15, 0.2) is 18.1 Å². The fraction of sp³-hybridized carbons (Fsp3) is 0.240. The van der Waals surface area contributed by atoms with Crippen molar-refractivity contribution < 1.29 is 14.3 Å². The van der Waals surface area contributed by atoms with Gasteiger partial charge in [-0.05, 0) is 41.8 Å². The van der Waals surface area contributed by atoms with Gasteiger partial charge in [0.05, 0.1) is 13.2 Å². The molecule has 0 bridgehead atoms. The number of nitrogens with zero attached hydrogens (tertiary/aromatic N) is 2. The quantitative estimate of drug-likeness (QED) is 0.556. The van der Waals surface area contributed by atoms with Crippen molar-refractivity contribution in [2.45, 2.75) is 19.0 Å². The van der Waals surface area contributed by atoms with Crippen LogP contribution in [0.3, 0.4) is 0 Å². The molecule has 3 aromatic rings. The first-order valence-corrected chi connectivity index (χ1v) is 10.1. The van der Waals surface area contributed by atoms with Gasteiger partial charge in [-0.2, -0.15) is 0 Å². The van der Waals surface area contributed by atoms with E-state index in [0.29, 0.717) is 18.0 Å². The number of fused-ring (bicyclic) bond motifs is 1. The molecule has 0 saturated carbocycles. The molecule has 30 heavy (non-hydrogen) atoms. The average molecular weight is 402 g/mol. The Labute approximate surface area is 177 Å². The zero-order valence-corrected chi connectivity index (χ0v) is 17.2. The Kier molecular flexibility index (Phi) is 5.89. The lowest BCUT2D eigenvalue weighted by molar-refractivity contribution is -0.136. The van der Waals surface area contributed by atoms with Gasteiger partial charge in [0.1, 0.15) is 0 Å². The first-order chi connectivity index (χ1) is 14.7. The number of carbonyl (C=O) groups is 1. The van der Waals surface area contributed by atoms with Crippen molar-refractivity contribution in [3.8, 4) is 11.5 Å². The molecule has 2 heterocycles. The lowest BCUT2D eigenvalue weighted by atomic mass is 10.00. The average Bonchev–Trinajstić information content (AvgIpc) is 3.27. The van der Waals surface area contributed by atoms with Crippen molar-refractivity contribution in [1.29, 1.82) is 0 Å². The first kappa shape index (κ1) is 19.8. The third-order valence-corrected chi connectivity index (χ3v) is 5.43. The second kappa shape index (κ2) is 8.91. The van der Waals surface area contributed by atoms with E-state index in [1.54, 1.807) is 7.11 Å². The maximum absolute atomic E-state index is 13.2. The molecule has 1 unspecified atom stereocenters. The third kappa shape index (κ3) is 3.96. The number of methoxy groups -OCH3 is 1. The van der Waals surface area contributed by atoms with Crippen LogP contribution in [0.4, 0.5) is 0 Å². The zero-order chi connectivity index (χ0) is 20.9. The van der Waals surface area contributed by atoms with Gasteiger partial charge in [0.2, 0.25) is 0 Å². The molecular formula is C25H26N2O3. The van der Waals surface area contributed by atoms with E-state index in [1.165, 1.54) is 0 Å². The molecule has 0 N–H and O–H groups in total. The van der Waals surface area contributed by atoms with Crippen LogP contribution in [0.2, 0.25) is 0 Å². The molecule has 0 fully saturated rings. The maximum atomic E-state index is 13.2. The highest BCUT2D eigenvalue weighted by atomic mass is 16.5. The van der Waals surface area contributed by atoms with Crippen LogP contribution in [0, 0.1) is 0 Å². The molecule has 0 radical (unpaired) electrons. The number of aromatic nitrogens is 1. The fourth-order valence-electron chi connectivity index (χ4n) is 3.99. The number of amides is 1. The Balaban J connectivity index is 1.53. The van der Waals surface area contributed by atoms with Crippen LogP contribution in [0.5, 0.6) is 11.5 Å². The summed E-state index contributed by atoms with van der Waals surface area (Å²) in [5.74, 6) is 1.14. The first-order valence-electron chi connectivity index (χ1n) is 10.1. The van der Waals surface area contributed by atoms with Crippen molar-refractivity contribution in [1.82, 2.24) is 9.47 Å². The van der Waals surface area contributed by atoms with E-state index in [2.05, 4.69) is 35.5 Å². The highest BCUT2D eigenvalue weighted by Gasteiger charge is 2.32. The number of carbonyl (C=O) groups excluding carboxylic acids is 1. The van der Waals surface area contributed by atoms with E-state index in [-0.39, 0.29) is 18.6 Å². The van der Waals surface area contributed by atoms with Crippen LogP contribution >= 0.6 is 0 Å². The summed E-state index contributed by atoms with van der Waals surface area (Å²) in [6.45, 7) is 5.14. The molecule has 5 nitrogen and oxygen atoms in total. The van der Waals surface area contributed by atoms with Crippen LogP contribution in [0.1, 0.15) is 22.9 Å². The van der Waals surface area contributed by atoms with Gasteiger partial charge >= 0.3 is 0 Å². The number of hydrogen-bond acceptors (Lipinski definition) is 3. The zero-order valence-electron chi connectivity index (χ0n) is 17.2. The van der Waals surface area contributed by atoms with Crippen molar-refractivity contribution in [2.24, 2.45) is 0 Å². The molecular weight excluding hydrogens is 376 g/mol. The second-order valence-corrected chi connectivity index (χ2v) is 7.29. The Bertz CT molecular complexity index is 1030. The summed E-state index contributed by atoms with van der Waals surface area (Å²) in [5, 5.41) is 0. The molecule has 1 aliphatic rings. The van der Waals surface area contributed by atoms with Crippen LogP contribution in [-0.4, -0.2) is 35.6 Å². The Hall–Kier alpha value is -3.47. The summed E-state index contributed by atoms with van der Waals surface area (Å²) < 4.78 is 13.5. The van der Waals surface area contributed by atoms with Crippen LogP contribution in [-0.2, 0) is 17.8 Å². The van der Waals surface area contributed by atoms with Crippen LogP contribution in [0.25, 0.3) is 0 Å². The molecule has 1 amide bonds. The predicted octanol–water partition coefficient (Wildman–Crippen LogP) is 4.24. The van der Waals surface area contributed by atoms with E-state index >= 15 is 0 Å². The molecule has 0 aliphatic carbocycles. The second-order valence-electron chi connectivity index (χ2n) is 7.29. The summed E-state index contributed by atoms with van der Waals surface area (Å²) in [6, 6.07) is 19.9. The number of rotatable bonds is 7. The monoisotopic (exact) mass is 402 g/mol. The predicted molar refractivity (Wildman–Crippen MR) is 117 cm³/mol. The summed E-state index contributed by atoms with van der Waals surface area (Å²) >= 11 is 0. The van der Waals surface area contributed by atoms with Crippen molar-refractivity contribution in [3.63, 3.8) is 0 Å². The number of benzene rings is 2. The summed E-state index contributed by atoms with van der Waals surface area (Å²) in [7, 11) is 1.60. The SMILES string of the molecule is C=CCc1ccc(OCC(=O)N2CCn3cccc3C2c2ccccc2)c(OC)c1. The standard InChI is InChI=1S/C25H26N2O3/c1-3-8-19-12-13-22(23(17-19)29-2)30-18-24(28)27-16-15-26-14-7-11-21(26)25(27)20-9-5-4-6-10-20/h3-7,9-14,17,25H,1,8,15-16,18H2,2H3. The van der Waals surface area contributed by atoms with E-state index in [9.17, 15) is 4.79 Å². The number of ether oxygens (including phenoxy) is 2. The van der Waals surface area contributed by atoms with Gasteiger partial charge in [0, 0.05) is 25.0 Å². The van der Waals surface area contributed by atoms with Gasteiger partial charge in [-0.1, -0.05) is 42.5 Å². The molecule has 154 valence electrons. The molecule has 2 aromatic carbocycles. The van der Waals surface area contributed by atoms with Gasteiger partial charge in [-0.3, -0.25) is 4.79 Å². The van der Waals surface area contributed by atoms with E-state index in [1.807, 2.05) is 53.4 Å². The lowest BCUT2D eigenvalue weighted by Gasteiger charge is -2.37. The van der Waals surface area contributed by atoms with Crippen LogP contribution in [0.15, 0.2) is 79.5 Å². The fourth-order valence-corrected chi connectivity index (χ4v) is 3.99. The lowest BCUT2D eigenvalue weighted by Crippen LogP contribution is -2.44. The number of hydrogen-bond donors (Lipinski definition) is 0. The Morgan fingerprint density at radius 2 is 1.93 bits per heavy atom. The molecule has 5 heteroatoms. The molecule has 1 aromatic heterocycles. The van der Waals surface area contributed by atoms with E-state index in [4.69, 9.17) is 9.47 Å². The van der Waals surface area contributed by atoms with E-state index in [0.717, 1.165) is 29.8 Å². The van der Waals surface area contributed by atoms with E-state index < -0.39 is 0 Å².